The summed E-state index contributed by atoms with van der Waals surface area (Å²) in [5.41, 5.74) is 2.97. The Morgan fingerprint density at radius 2 is 1.66 bits per heavy atom. The number of hydrogen-bond acceptors (Lipinski definition) is 3. The van der Waals surface area contributed by atoms with Crippen LogP contribution in [-0.4, -0.2) is 39.6 Å². The van der Waals surface area contributed by atoms with Gasteiger partial charge in [0.25, 0.3) is 5.91 Å². The first-order chi connectivity index (χ1) is 16.5. The van der Waals surface area contributed by atoms with Crippen LogP contribution in [0.2, 0.25) is 10.0 Å². The third kappa shape index (κ3) is 7.09. The molecule has 0 aliphatic carbocycles. The fourth-order valence-corrected chi connectivity index (χ4v) is 4.06. The maximum Gasteiger partial charge on any atom is 0.254 e. The van der Waals surface area contributed by atoms with Gasteiger partial charge in [-0.15, -0.1) is 0 Å². The Bertz CT molecular complexity index is 1180. The fourth-order valence-electron chi connectivity index (χ4n) is 3.54. The van der Waals surface area contributed by atoms with Crippen molar-refractivity contribution in [1.29, 1.82) is 0 Å². The Labute approximate surface area is 217 Å². The predicted molar refractivity (Wildman–Crippen MR) is 143 cm³/mol. The highest BCUT2D eigenvalue weighted by Gasteiger charge is 2.24. The second-order valence-electron chi connectivity index (χ2n) is 9.70. The number of carbonyl (C=O) groups excluding carboxylic acids is 2. The molecule has 0 aliphatic heterocycles. The SMILES string of the molecule is CCCCN(CC(=O)Nc1cc(C(C)(C)C)nn1-c1ccc(C)cc1)C(=O)c1cc(Cl)cc(Cl)c1. The summed E-state index contributed by atoms with van der Waals surface area (Å²) in [5.74, 6) is -0.0470. The number of unbranched alkanes of at least 4 members (excludes halogenated alkanes) is 1. The van der Waals surface area contributed by atoms with Gasteiger partial charge in [0.15, 0.2) is 0 Å². The average Bonchev–Trinajstić information content (AvgIpc) is 3.20. The van der Waals surface area contributed by atoms with Crippen molar-refractivity contribution >= 4 is 40.8 Å². The van der Waals surface area contributed by atoms with Gasteiger partial charge in [-0.1, -0.05) is 75.0 Å². The zero-order valence-electron chi connectivity index (χ0n) is 20.9. The van der Waals surface area contributed by atoms with Gasteiger partial charge in [-0.05, 0) is 43.7 Å². The molecule has 1 aromatic heterocycles. The van der Waals surface area contributed by atoms with Crippen molar-refractivity contribution in [2.75, 3.05) is 18.4 Å². The maximum atomic E-state index is 13.2. The minimum absolute atomic E-state index is 0.104. The number of amides is 2. The van der Waals surface area contributed by atoms with E-state index in [2.05, 4.69) is 26.1 Å². The van der Waals surface area contributed by atoms with Crippen LogP contribution in [0, 0.1) is 6.92 Å². The van der Waals surface area contributed by atoms with Gasteiger partial charge in [-0.3, -0.25) is 9.59 Å². The van der Waals surface area contributed by atoms with Gasteiger partial charge >= 0.3 is 0 Å². The third-order valence-corrected chi connectivity index (χ3v) is 5.97. The molecule has 186 valence electrons. The minimum atomic E-state index is -0.309. The molecule has 0 unspecified atom stereocenters. The number of anilines is 1. The number of rotatable bonds is 8. The Balaban J connectivity index is 1.87. The van der Waals surface area contributed by atoms with Crippen molar-refractivity contribution in [3.8, 4) is 5.69 Å². The van der Waals surface area contributed by atoms with Crippen molar-refractivity contribution in [3.63, 3.8) is 0 Å². The number of benzene rings is 2. The molecule has 0 fully saturated rings. The molecule has 0 atom stereocenters. The van der Waals surface area contributed by atoms with E-state index in [1.165, 1.54) is 4.90 Å². The summed E-state index contributed by atoms with van der Waals surface area (Å²) in [6.07, 6.45) is 1.65. The summed E-state index contributed by atoms with van der Waals surface area (Å²) >= 11 is 12.2. The van der Waals surface area contributed by atoms with Crippen molar-refractivity contribution in [2.45, 2.75) is 52.9 Å². The van der Waals surface area contributed by atoms with Crippen LogP contribution in [0.15, 0.2) is 48.5 Å². The number of nitrogens with zero attached hydrogens (tertiary/aromatic N) is 3. The molecule has 6 nitrogen and oxygen atoms in total. The van der Waals surface area contributed by atoms with Crippen LogP contribution >= 0.6 is 23.2 Å². The van der Waals surface area contributed by atoms with E-state index in [0.717, 1.165) is 29.8 Å². The first-order valence-electron chi connectivity index (χ1n) is 11.7. The highest BCUT2D eigenvalue weighted by molar-refractivity contribution is 6.35. The Kier molecular flexibility index (Phi) is 8.62. The lowest BCUT2D eigenvalue weighted by molar-refractivity contribution is -0.116. The molecule has 0 saturated heterocycles. The quantitative estimate of drug-likeness (QED) is 0.365. The normalized spacial score (nSPS) is 11.4. The minimum Gasteiger partial charge on any atom is -0.329 e. The summed E-state index contributed by atoms with van der Waals surface area (Å²) in [7, 11) is 0. The first kappa shape index (κ1) is 26.8. The molecular weight excluding hydrogens is 483 g/mol. The number of nitrogens with one attached hydrogen (secondary N) is 1. The van der Waals surface area contributed by atoms with Gasteiger partial charge in [0.1, 0.15) is 12.4 Å². The molecule has 0 bridgehead atoms. The second kappa shape index (κ2) is 11.3. The molecule has 2 amide bonds. The molecule has 3 aromatic rings. The molecule has 0 aliphatic rings. The van der Waals surface area contributed by atoms with Gasteiger partial charge in [0.05, 0.1) is 11.4 Å². The van der Waals surface area contributed by atoms with E-state index in [1.54, 1.807) is 22.9 Å². The molecule has 0 radical (unpaired) electrons. The van der Waals surface area contributed by atoms with Crippen molar-refractivity contribution < 1.29 is 9.59 Å². The van der Waals surface area contributed by atoms with Crippen LogP contribution in [0.5, 0.6) is 0 Å². The Morgan fingerprint density at radius 1 is 1.03 bits per heavy atom. The van der Waals surface area contributed by atoms with E-state index < -0.39 is 0 Å². The number of aromatic nitrogens is 2. The predicted octanol–water partition coefficient (Wildman–Crippen LogP) is 6.67. The first-order valence-corrected chi connectivity index (χ1v) is 12.5. The van der Waals surface area contributed by atoms with Gasteiger partial charge in [-0.2, -0.15) is 5.10 Å². The van der Waals surface area contributed by atoms with E-state index >= 15 is 0 Å². The second-order valence-corrected chi connectivity index (χ2v) is 10.6. The van der Waals surface area contributed by atoms with Crippen LogP contribution in [0.1, 0.15) is 62.2 Å². The number of halogens is 2. The van der Waals surface area contributed by atoms with Gasteiger partial charge in [0, 0.05) is 33.6 Å². The van der Waals surface area contributed by atoms with Crippen LogP contribution in [0.4, 0.5) is 5.82 Å². The Hall–Kier alpha value is -2.83. The van der Waals surface area contributed by atoms with E-state index in [9.17, 15) is 9.59 Å². The van der Waals surface area contributed by atoms with Crippen LogP contribution in [-0.2, 0) is 10.2 Å². The number of hydrogen-bond donors (Lipinski definition) is 1. The smallest absolute Gasteiger partial charge is 0.254 e. The average molecular weight is 515 g/mol. The van der Waals surface area contributed by atoms with Crippen LogP contribution < -0.4 is 5.32 Å². The van der Waals surface area contributed by atoms with Gasteiger partial charge < -0.3 is 10.2 Å². The lowest BCUT2D eigenvalue weighted by atomic mass is 9.92. The van der Waals surface area contributed by atoms with E-state index in [-0.39, 0.29) is 23.8 Å². The largest absolute Gasteiger partial charge is 0.329 e. The van der Waals surface area contributed by atoms with Crippen LogP contribution in [0.3, 0.4) is 0 Å². The van der Waals surface area contributed by atoms with Gasteiger partial charge in [0.2, 0.25) is 5.91 Å². The zero-order chi connectivity index (χ0) is 25.8. The van der Waals surface area contributed by atoms with Crippen LogP contribution in [0.25, 0.3) is 5.69 Å². The third-order valence-electron chi connectivity index (χ3n) is 5.54. The van der Waals surface area contributed by atoms with E-state index in [0.29, 0.717) is 28.0 Å². The van der Waals surface area contributed by atoms with Gasteiger partial charge in [-0.25, -0.2) is 4.68 Å². The summed E-state index contributed by atoms with van der Waals surface area (Å²) in [5, 5.41) is 8.47. The molecule has 3 rings (SSSR count). The van der Waals surface area contributed by atoms with E-state index in [4.69, 9.17) is 28.3 Å². The molecule has 0 spiro atoms. The summed E-state index contributed by atoms with van der Waals surface area (Å²) in [6.45, 7) is 10.6. The van der Waals surface area contributed by atoms with Crippen molar-refractivity contribution in [3.05, 3.63) is 75.4 Å². The monoisotopic (exact) mass is 514 g/mol. The maximum absolute atomic E-state index is 13.2. The molecule has 0 saturated carbocycles. The zero-order valence-corrected chi connectivity index (χ0v) is 22.4. The lowest BCUT2D eigenvalue weighted by Gasteiger charge is -2.22. The molecular formula is C27H32Cl2N4O2. The molecule has 8 heteroatoms. The number of carbonyl (C=O) groups is 2. The summed E-state index contributed by atoms with van der Waals surface area (Å²) in [4.78, 5) is 27.9. The highest BCUT2D eigenvalue weighted by Crippen LogP contribution is 2.27. The number of aryl methyl sites for hydroxylation is 1. The van der Waals surface area contributed by atoms with Crippen molar-refractivity contribution in [1.82, 2.24) is 14.7 Å². The fraction of sp³-hybridized carbons (Fsp3) is 0.370. The lowest BCUT2D eigenvalue weighted by Crippen LogP contribution is -2.39. The molecule has 1 heterocycles. The molecule has 35 heavy (non-hydrogen) atoms. The Morgan fingerprint density at radius 3 is 2.23 bits per heavy atom. The standard InChI is InChI=1S/C27H32Cl2N4O2/c1-6-7-12-32(26(35)19-13-20(28)15-21(29)14-19)17-25(34)30-24-16-23(27(3,4)5)31-33(24)22-10-8-18(2)9-11-22/h8-11,13-16H,6-7,12,17H2,1-5H3,(H,30,34). The summed E-state index contributed by atoms with van der Waals surface area (Å²) < 4.78 is 1.73. The van der Waals surface area contributed by atoms with Crippen molar-refractivity contribution in [2.24, 2.45) is 0 Å². The topological polar surface area (TPSA) is 67.2 Å². The summed E-state index contributed by atoms with van der Waals surface area (Å²) in [6, 6.07) is 14.5. The highest BCUT2D eigenvalue weighted by atomic mass is 35.5. The molecule has 1 N–H and O–H groups in total. The van der Waals surface area contributed by atoms with E-state index in [1.807, 2.05) is 44.2 Å². The molecule has 2 aromatic carbocycles.